The highest BCUT2D eigenvalue weighted by atomic mass is 35.5. The van der Waals surface area contributed by atoms with Crippen molar-refractivity contribution < 1.29 is 9.59 Å². The average molecular weight is 358 g/mol. The van der Waals surface area contributed by atoms with E-state index in [0.29, 0.717) is 29.4 Å². The minimum atomic E-state index is -0.622. The summed E-state index contributed by atoms with van der Waals surface area (Å²) in [7, 11) is 0. The highest BCUT2D eigenvalue weighted by Gasteiger charge is 2.32. The van der Waals surface area contributed by atoms with Crippen LogP contribution in [0.3, 0.4) is 0 Å². The second kappa shape index (κ2) is 6.95. The van der Waals surface area contributed by atoms with Crippen LogP contribution < -0.4 is 11.1 Å². The van der Waals surface area contributed by atoms with E-state index in [1.807, 2.05) is 0 Å². The van der Waals surface area contributed by atoms with Gasteiger partial charge in [-0.05, 0) is 30.7 Å². The number of nitriles is 1. The first-order valence-corrected chi connectivity index (χ1v) is 8.18. The first-order chi connectivity index (χ1) is 12.0. The fraction of sp³-hybridized carbons (Fsp3) is 0.294. The van der Waals surface area contributed by atoms with E-state index < -0.39 is 11.8 Å². The highest BCUT2D eigenvalue weighted by Crippen LogP contribution is 2.33. The largest absolute Gasteiger partial charge is 0.365 e. The normalized spacial score (nSPS) is 20.1. The van der Waals surface area contributed by atoms with Gasteiger partial charge in [0.2, 0.25) is 0 Å². The van der Waals surface area contributed by atoms with Gasteiger partial charge in [-0.2, -0.15) is 10.4 Å². The number of carbonyl (C=O) groups is 2. The predicted octanol–water partition coefficient (Wildman–Crippen LogP) is 2.81. The quantitative estimate of drug-likeness (QED) is 0.873. The maximum absolute atomic E-state index is 11.8. The molecule has 1 fully saturated rings. The van der Waals surface area contributed by atoms with Crippen LogP contribution in [0.4, 0.5) is 11.5 Å². The van der Waals surface area contributed by atoms with Crippen LogP contribution in [-0.2, 0) is 4.79 Å². The molecule has 1 amide bonds. The van der Waals surface area contributed by atoms with Gasteiger partial charge in [0, 0.05) is 29.7 Å². The number of nitrogens with two attached hydrogens (primary N) is 1. The number of hydrogen-bond donors (Lipinski definition) is 2. The molecule has 1 saturated carbocycles. The second-order valence-corrected chi connectivity index (χ2v) is 6.39. The van der Waals surface area contributed by atoms with Crippen LogP contribution in [-0.4, -0.2) is 21.5 Å². The van der Waals surface area contributed by atoms with Crippen LogP contribution in [0, 0.1) is 17.2 Å². The van der Waals surface area contributed by atoms with Crippen molar-refractivity contribution >= 4 is 34.8 Å². The van der Waals surface area contributed by atoms with Gasteiger partial charge in [-0.15, -0.1) is 0 Å². The molecule has 1 unspecified atom stereocenters. The Bertz CT molecular complexity index is 853. The molecule has 0 spiro atoms. The first kappa shape index (κ1) is 17.0. The van der Waals surface area contributed by atoms with Gasteiger partial charge >= 0.3 is 0 Å². The van der Waals surface area contributed by atoms with Gasteiger partial charge in [-0.3, -0.25) is 14.3 Å². The standard InChI is InChI=1S/C17H16ClN5O2/c18-11-1-3-12(4-2-11)21-17-14(16(20)25)9-23(22-17)15-6-5-13(24)7-10(15)8-19/h1-4,9-10,15H,5-7H2,(H2,20,25)(H,21,22)/t10?,15-/m0/s1. The molecular formula is C17H16ClN5O2. The lowest BCUT2D eigenvalue weighted by Crippen LogP contribution is -2.27. The van der Waals surface area contributed by atoms with Gasteiger partial charge in [-0.1, -0.05) is 11.6 Å². The summed E-state index contributed by atoms with van der Waals surface area (Å²) in [6.45, 7) is 0. The summed E-state index contributed by atoms with van der Waals surface area (Å²) < 4.78 is 1.57. The van der Waals surface area contributed by atoms with Crippen LogP contribution in [0.5, 0.6) is 0 Å². The van der Waals surface area contributed by atoms with E-state index in [9.17, 15) is 14.9 Å². The number of nitrogens with zero attached hydrogens (tertiary/aromatic N) is 3. The van der Waals surface area contributed by atoms with Gasteiger partial charge in [0.05, 0.1) is 18.0 Å². The minimum Gasteiger partial charge on any atom is -0.365 e. The maximum Gasteiger partial charge on any atom is 0.254 e. The van der Waals surface area contributed by atoms with Crippen molar-refractivity contribution in [3.63, 3.8) is 0 Å². The Labute approximate surface area is 149 Å². The molecule has 25 heavy (non-hydrogen) atoms. The van der Waals surface area contributed by atoms with Gasteiger partial charge in [0.1, 0.15) is 11.3 Å². The van der Waals surface area contributed by atoms with E-state index in [1.54, 1.807) is 28.9 Å². The van der Waals surface area contributed by atoms with Crippen LogP contribution in [0.1, 0.15) is 35.7 Å². The Kier molecular flexibility index (Phi) is 4.72. The lowest BCUT2D eigenvalue weighted by Gasteiger charge is -2.26. The Hall–Kier alpha value is -2.85. The topological polar surface area (TPSA) is 114 Å². The number of anilines is 2. The molecule has 0 bridgehead atoms. The molecule has 7 nitrogen and oxygen atoms in total. The van der Waals surface area contributed by atoms with E-state index in [2.05, 4.69) is 16.5 Å². The summed E-state index contributed by atoms with van der Waals surface area (Å²) in [6.07, 6.45) is 2.64. The molecule has 128 valence electrons. The van der Waals surface area contributed by atoms with Crippen molar-refractivity contribution in [3.8, 4) is 6.07 Å². The van der Waals surface area contributed by atoms with Crippen molar-refractivity contribution in [1.29, 1.82) is 5.26 Å². The number of rotatable bonds is 4. The molecule has 2 aromatic rings. The number of Topliss-reactive ketones (excluding diaryl/α,β-unsaturated/α-hetero) is 1. The summed E-state index contributed by atoms with van der Waals surface area (Å²) >= 11 is 5.87. The third-order valence-electron chi connectivity index (χ3n) is 4.24. The molecule has 1 aromatic heterocycles. The fourth-order valence-electron chi connectivity index (χ4n) is 2.95. The van der Waals surface area contributed by atoms with Crippen molar-refractivity contribution in [2.24, 2.45) is 11.7 Å². The van der Waals surface area contributed by atoms with Crippen molar-refractivity contribution in [1.82, 2.24) is 9.78 Å². The smallest absolute Gasteiger partial charge is 0.254 e. The van der Waals surface area contributed by atoms with Crippen LogP contribution in [0.2, 0.25) is 5.02 Å². The summed E-state index contributed by atoms with van der Waals surface area (Å²) in [4.78, 5) is 23.3. The maximum atomic E-state index is 11.8. The molecule has 0 aliphatic heterocycles. The number of benzene rings is 1. The number of primary amides is 1. The summed E-state index contributed by atoms with van der Waals surface area (Å²) in [6, 6.07) is 8.83. The van der Waals surface area contributed by atoms with E-state index in [0.717, 1.165) is 0 Å². The van der Waals surface area contributed by atoms with E-state index in [1.165, 1.54) is 6.20 Å². The molecular weight excluding hydrogens is 342 g/mol. The number of hydrogen-bond acceptors (Lipinski definition) is 5. The zero-order chi connectivity index (χ0) is 18.0. The molecule has 2 atom stereocenters. The molecule has 8 heteroatoms. The minimum absolute atomic E-state index is 0.0737. The van der Waals surface area contributed by atoms with E-state index in [-0.39, 0.29) is 23.8 Å². The number of carbonyl (C=O) groups excluding carboxylic acids is 2. The number of aromatic nitrogens is 2. The summed E-state index contributed by atoms with van der Waals surface area (Å²) in [5.41, 5.74) is 6.38. The molecule has 0 saturated heterocycles. The van der Waals surface area contributed by atoms with Gasteiger partial charge in [0.25, 0.3) is 5.91 Å². The number of amides is 1. The van der Waals surface area contributed by atoms with Crippen LogP contribution in [0.25, 0.3) is 0 Å². The number of ketones is 1. The summed E-state index contributed by atoms with van der Waals surface area (Å²) in [5, 5.41) is 17.4. The first-order valence-electron chi connectivity index (χ1n) is 7.81. The molecule has 1 heterocycles. The van der Waals surface area contributed by atoms with Crippen LogP contribution in [0.15, 0.2) is 30.5 Å². The SMILES string of the molecule is N#CC1CC(=O)CC[C@@H]1n1cc(C(N)=O)c(Nc2ccc(Cl)cc2)n1. The third kappa shape index (κ3) is 3.64. The predicted molar refractivity (Wildman–Crippen MR) is 92.5 cm³/mol. The third-order valence-corrected chi connectivity index (χ3v) is 4.49. The van der Waals surface area contributed by atoms with Crippen molar-refractivity contribution in [3.05, 3.63) is 41.0 Å². The molecule has 1 aliphatic rings. The Morgan fingerprint density at radius 2 is 2.12 bits per heavy atom. The highest BCUT2D eigenvalue weighted by molar-refractivity contribution is 6.30. The average Bonchev–Trinajstić information content (AvgIpc) is 3.00. The van der Waals surface area contributed by atoms with Gasteiger partial charge in [0.15, 0.2) is 5.82 Å². The Morgan fingerprint density at radius 3 is 2.76 bits per heavy atom. The summed E-state index contributed by atoms with van der Waals surface area (Å²) in [5.74, 6) is -0.707. The lowest BCUT2D eigenvalue weighted by atomic mass is 9.85. The monoisotopic (exact) mass is 357 g/mol. The Balaban J connectivity index is 1.92. The number of halogens is 1. The van der Waals surface area contributed by atoms with E-state index >= 15 is 0 Å². The molecule has 3 rings (SSSR count). The van der Waals surface area contributed by atoms with E-state index in [4.69, 9.17) is 17.3 Å². The zero-order valence-electron chi connectivity index (χ0n) is 13.3. The van der Waals surface area contributed by atoms with Crippen LogP contribution >= 0.6 is 11.6 Å². The van der Waals surface area contributed by atoms with Gasteiger partial charge < -0.3 is 11.1 Å². The number of nitrogens with one attached hydrogen (secondary N) is 1. The molecule has 1 aliphatic carbocycles. The fourth-order valence-corrected chi connectivity index (χ4v) is 3.07. The molecule has 1 aromatic carbocycles. The second-order valence-electron chi connectivity index (χ2n) is 5.95. The Morgan fingerprint density at radius 1 is 1.40 bits per heavy atom. The van der Waals surface area contributed by atoms with Crippen molar-refractivity contribution in [2.45, 2.75) is 25.3 Å². The lowest BCUT2D eigenvalue weighted by molar-refractivity contribution is -0.121. The zero-order valence-corrected chi connectivity index (χ0v) is 14.0. The molecule has 0 radical (unpaired) electrons. The van der Waals surface area contributed by atoms with Gasteiger partial charge in [-0.25, -0.2) is 0 Å². The van der Waals surface area contributed by atoms with Crippen molar-refractivity contribution in [2.75, 3.05) is 5.32 Å². The molecule has 3 N–H and O–H groups in total.